The Labute approximate surface area is 186 Å². The fourth-order valence-electron chi connectivity index (χ4n) is 2.75. The molecule has 0 fully saturated rings. The lowest BCUT2D eigenvalue weighted by molar-refractivity contribution is -0.166. The first-order chi connectivity index (χ1) is 15.3. The summed E-state index contributed by atoms with van der Waals surface area (Å²) in [7, 11) is 0.751. The number of aromatic nitrogens is 2. The summed E-state index contributed by atoms with van der Waals surface area (Å²) in [6.45, 7) is 0. The molecule has 2 aromatic carbocycles. The second kappa shape index (κ2) is 8.62. The van der Waals surface area contributed by atoms with Crippen LogP contribution in [-0.4, -0.2) is 25.5 Å². The van der Waals surface area contributed by atoms with Crippen molar-refractivity contribution in [3.63, 3.8) is 0 Å². The predicted molar refractivity (Wildman–Crippen MR) is 106 cm³/mol. The lowest BCUT2D eigenvalue weighted by atomic mass is 10.2. The lowest BCUT2D eigenvalue weighted by Crippen LogP contribution is -2.44. The molecule has 0 amide bonds. The van der Waals surface area contributed by atoms with E-state index in [4.69, 9.17) is 21.1 Å². The first-order valence-corrected chi connectivity index (χ1v) is 9.27. The van der Waals surface area contributed by atoms with E-state index in [0.717, 1.165) is 19.2 Å². The van der Waals surface area contributed by atoms with Gasteiger partial charge in [-0.1, -0.05) is 18.2 Å². The molecule has 3 rings (SSSR count). The van der Waals surface area contributed by atoms with Gasteiger partial charge in [0.2, 0.25) is 0 Å². The number of hydrogen-bond acceptors (Lipinski definition) is 5. The topological polar surface area (TPSA) is 99.8 Å². The van der Waals surface area contributed by atoms with Crippen LogP contribution in [0.2, 0.25) is 0 Å². The van der Waals surface area contributed by atoms with E-state index < -0.39 is 51.6 Å². The van der Waals surface area contributed by atoms with Gasteiger partial charge >= 0.3 is 23.1 Å². The predicted octanol–water partition coefficient (Wildman–Crippen LogP) is 3.13. The highest BCUT2D eigenvalue weighted by molar-refractivity contribution is 6.31. The zero-order chi connectivity index (χ0) is 24.6. The van der Waals surface area contributed by atoms with Crippen molar-refractivity contribution < 1.29 is 36.9 Å². The number of aliphatic carboxylic acids is 1. The van der Waals surface area contributed by atoms with Crippen LogP contribution in [0, 0.1) is 5.82 Å². The van der Waals surface area contributed by atoms with Crippen LogP contribution in [0.15, 0.2) is 64.2 Å². The molecule has 1 N–H and O–H groups in total. The van der Waals surface area contributed by atoms with Gasteiger partial charge in [-0.3, -0.25) is 9.36 Å². The highest BCUT2D eigenvalue weighted by Gasteiger charge is 2.43. The maximum absolute atomic E-state index is 14.5. The molecule has 3 aromatic rings. The Balaban J connectivity index is 2.08. The number of carboxylic acids is 1. The number of ether oxygens (including phenoxy) is 2. The molecule has 0 radical (unpaired) electrons. The van der Waals surface area contributed by atoms with Crippen molar-refractivity contribution in [2.45, 2.75) is 11.4 Å². The van der Waals surface area contributed by atoms with Crippen molar-refractivity contribution in [3.05, 3.63) is 86.9 Å². The first-order valence-electron chi connectivity index (χ1n) is 8.89. The summed E-state index contributed by atoms with van der Waals surface area (Å²) in [5, 5.41) is 6.62. The van der Waals surface area contributed by atoms with Crippen LogP contribution in [-0.2, 0) is 18.0 Å². The van der Waals surface area contributed by atoms with Crippen molar-refractivity contribution in [2.75, 3.05) is 0 Å². The zero-order valence-corrected chi connectivity index (χ0v) is 17.2. The molecular weight excluding hydrogens is 476 g/mol. The lowest BCUT2D eigenvalue weighted by Gasteiger charge is -2.24. The molecule has 0 aliphatic carbocycles. The van der Waals surface area contributed by atoms with Crippen molar-refractivity contribution in [1.82, 2.24) is 9.13 Å². The van der Waals surface area contributed by atoms with Crippen molar-refractivity contribution in [3.8, 4) is 17.2 Å². The Morgan fingerprint density at radius 2 is 1.61 bits per heavy atom. The zero-order valence-electron chi connectivity index (χ0n) is 16.5. The average Bonchev–Trinajstić information content (AvgIpc) is 2.72. The van der Waals surface area contributed by atoms with Crippen LogP contribution in [0.25, 0.3) is 5.69 Å². The third-order valence-corrected chi connectivity index (χ3v) is 4.58. The molecule has 1 atom stereocenters. The summed E-state index contributed by atoms with van der Waals surface area (Å²) in [6, 6.07) is 9.90. The number of para-hydroxylation sites is 1. The van der Waals surface area contributed by atoms with Gasteiger partial charge in [0.25, 0.3) is 5.56 Å². The fourth-order valence-corrected chi connectivity index (χ4v) is 2.92. The van der Waals surface area contributed by atoms with Crippen molar-refractivity contribution in [2.24, 2.45) is 7.05 Å². The van der Waals surface area contributed by atoms with Gasteiger partial charge < -0.3 is 14.6 Å². The maximum atomic E-state index is 14.5. The van der Waals surface area contributed by atoms with Gasteiger partial charge in [0, 0.05) is 19.2 Å². The number of halogens is 5. The summed E-state index contributed by atoms with van der Waals surface area (Å²) in [6.07, 6.45) is -5.01. The van der Waals surface area contributed by atoms with Gasteiger partial charge in [0.1, 0.15) is 23.0 Å². The highest BCUT2D eigenvalue weighted by Crippen LogP contribution is 2.30. The van der Waals surface area contributed by atoms with Crippen LogP contribution < -0.4 is 20.7 Å². The van der Waals surface area contributed by atoms with E-state index in [-0.39, 0.29) is 21.0 Å². The molecule has 1 unspecified atom stereocenters. The third kappa shape index (κ3) is 4.85. The second-order valence-corrected chi connectivity index (χ2v) is 7.01. The van der Waals surface area contributed by atoms with E-state index in [9.17, 15) is 37.1 Å². The highest BCUT2D eigenvalue weighted by atomic mass is 35.5. The smallest absolute Gasteiger partial charge is 0.436 e. The van der Waals surface area contributed by atoms with Gasteiger partial charge in [-0.15, -0.1) is 0 Å². The standard InChI is InChI=1S/C20H13ClF4N2O6/c1-26-15(20(23,24)25)10-16(28)27(18(26)31)14-9-12(7-8-13(14)22)33-19(21,17(29)30)32-11-5-3-2-4-6-11/h2-10H,1H3,(H,29,30). The third-order valence-electron chi connectivity index (χ3n) is 4.27. The maximum Gasteiger partial charge on any atom is 0.436 e. The van der Waals surface area contributed by atoms with E-state index in [1.165, 1.54) is 24.3 Å². The molecule has 33 heavy (non-hydrogen) atoms. The summed E-state index contributed by atoms with van der Waals surface area (Å²) >= 11 is 5.94. The van der Waals surface area contributed by atoms with Gasteiger partial charge in [-0.05, 0) is 35.9 Å². The van der Waals surface area contributed by atoms with E-state index in [0.29, 0.717) is 6.07 Å². The minimum Gasteiger partial charge on any atom is -0.474 e. The van der Waals surface area contributed by atoms with Crippen molar-refractivity contribution in [1.29, 1.82) is 0 Å². The number of carboxylic acid groups (broad SMARTS) is 1. The Kier molecular flexibility index (Phi) is 6.23. The first kappa shape index (κ1) is 23.9. The summed E-state index contributed by atoms with van der Waals surface area (Å²) in [5.41, 5.74) is -5.31. The molecule has 0 spiro atoms. The molecule has 0 aliphatic heterocycles. The largest absolute Gasteiger partial charge is 0.474 e. The van der Waals surface area contributed by atoms with Crippen LogP contribution >= 0.6 is 11.6 Å². The normalized spacial score (nSPS) is 13.3. The molecule has 174 valence electrons. The summed E-state index contributed by atoms with van der Waals surface area (Å²) in [4.78, 5) is 36.3. The van der Waals surface area contributed by atoms with Gasteiger partial charge in [0.05, 0.1) is 5.69 Å². The van der Waals surface area contributed by atoms with E-state index in [2.05, 4.69) is 0 Å². The summed E-state index contributed by atoms with van der Waals surface area (Å²) in [5.74, 6) is -3.43. The molecule has 8 nitrogen and oxygen atoms in total. The van der Waals surface area contributed by atoms with E-state index in [1.54, 1.807) is 6.07 Å². The van der Waals surface area contributed by atoms with Crippen molar-refractivity contribution >= 4 is 17.6 Å². The van der Waals surface area contributed by atoms with Gasteiger partial charge in [0.15, 0.2) is 0 Å². The molecule has 0 saturated carbocycles. The molecule has 0 bridgehead atoms. The van der Waals surface area contributed by atoms with Crippen LogP contribution in [0.1, 0.15) is 5.69 Å². The van der Waals surface area contributed by atoms with Crippen LogP contribution in [0.4, 0.5) is 17.6 Å². The Morgan fingerprint density at radius 1 is 1.00 bits per heavy atom. The van der Waals surface area contributed by atoms with Gasteiger partial charge in [-0.2, -0.15) is 13.2 Å². The van der Waals surface area contributed by atoms with Gasteiger partial charge in [-0.25, -0.2) is 18.5 Å². The summed E-state index contributed by atoms with van der Waals surface area (Å²) < 4.78 is 64.1. The Morgan fingerprint density at radius 3 is 2.18 bits per heavy atom. The van der Waals surface area contributed by atoms with E-state index in [1.807, 2.05) is 0 Å². The number of nitrogens with zero attached hydrogens (tertiary/aromatic N) is 2. The Hall–Kier alpha value is -3.80. The minimum atomic E-state index is -5.01. The average molecular weight is 489 g/mol. The van der Waals surface area contributed by atoms with Crippen LogP contribution in [0.3, 0.4) is 0 Å². The second-order valence-electron chi connectivity index (χ2n) is 6.51. The number of rotatable bonds is 6. The molecule has 13 heteroatoms. The van der Waals surface area contributed by atoms with E-state index >= 15 is 0 Å². The SMILES string of the molecule is Cn1c(C(F)(F)F)cc(=O)n(-c2cc(OC(Cl)(Oc3ccccc3)C(=O)O)ccc2F)c1=O. The molecule has 0 saturated heterocycles. The number of hydrogen-bond donors (Lipinski definition) is 1. The van der Waals surface area contributed by atoms with Crippen LogP contribution in [0.5, 0.6) is 11.5 Å². The molecule has 1 heterocycles. The fraction of sp³-hybridized carbons (Fsp3) is 0.150. The Bertz CT molecular complexity index is 1320. The quantitative estimate of drug-likeness (QED) is 0.325. The molecular formula is C20H13ClF4N2O6. The molecule has 1 aromatic heterocycles. The number of alkyl halides is 4. The minimum absolute atomic E-state index is 0.00469. The molecule has 0 aliphatic rings. The monoisotopic (exact) mass is 488 g/mol. The number of carbonyl (C=O) groups is 1. The number of benzene rings is 2.